The highest BCUT2D eigenvalue weighted by atomic mass is 19.2. The molecule has 4 nitrogen and oxygen atoms in total. The molecular weight excluding hydrogens is 314 g/mol. The highest BCUT2D eigenvalue weighted by Gasteiger charge is 2.22. The summed E-state index contributed by atoms with van der Waals surface area (Å²) < 4.78 is 32.0. The minimum Gasteiger partial charge on any atom is -0.476 e. The van der Waals surface area contributed by atoms with Crippen LogP contribution >= 0.6 is 0 Å². The number of carbonyl (C=O) groups is 1. The van der Waals surface area contributed by atoms with E-state index in [-0.39, 0.29) is 11.7 Å². The summed E-state index contributed by atoms with van der Waals surface area (Å²) in [5.41, 5.74) is 6.04. The quantitative estimate of drug-likeness (QED) is 0.730. The Morgan fingerprint density at radius 1 is 1.08 bits per heavy atom. The van der Waals surface area contributed by atoms with Gasteiger partial charge in [0, 0.05) is 18.2 Å². The molecule has 0 aliphatic heterocycles. The molecule has 0 aliphatic rings. The van der Waals surface area contributed by atoms with Crippen molar-refractivity contribution in [2.45, 2.75) is 18.9 Å². The summed E-state index contributed by atoms with van der Waals surface area (Å²) in [5, 5.41) is 2.77. The first-order valence-corrected chi connectivity index (χ1v) is 7.76. The van der Waals surface area contributed by atoms with Crippen molar-refractivity contribution in [2.75, 3.05) is 13.1 Å². The van der Waals surface area contributed by atoms with Crippen LogP contribution in [0.15, 0.2) is 48.5 Å². The zero-order chi connectivity index (χ0) is 17.4. The van der Waals surface area contributed by atoms with Crippen LogP contribution in [0.4, 0.5) is 8.78 Å². The van der Waals surface area contributed by atoms with Crippen molar-refractivity contribution >= 4 is 5.91 Å². The van der Waals surface area contributed by atoms with Crippen LogP contribution in [0.5, 0.6) is 5.75 Å². The average molecular weight is 334 g/mol. The third kappa shape index (κ3) is 5.03. The lowest BCUT2D eigenvalue weighted by Gasteiger charge is -2.19. The van der Waals surface area contributed by atoms with Gasteiger partial charge in [0.1, 0.15) is 5.75 Å². The maximum Gasteiger partial charge on any atom is 0.265 e. The summed E-state index contributed by atoms with van der Waals surface area (Å²) in [6.45, 7) is 1.03. The molecular formula is C18H20F2N2O2. The lowest BCUT2D eigenvalue weighted by molar-refractivity contribution is -0.128. The molecule has 3 N–H and O–H groups in total. The second-order valence-electron chi connectivity index (χ2n) is 5.27. The van der Waals surface area contributed by atoms with Crippen molar-refractivity contribution in [3.8, 4) is 5.75 Å². The maximum atomic E-state index is 13.4. The number of benzene rings is 2. The molecule has 128 valence electrons. The molecule has 1 atom stereocenters. The molecule has 0 fully saturated rings. The normalized spacial score (nSPS) is 11.8. The van der Waals surface area contributed by atoms with Gasteiger partial charge in [-0.15, -0.1) is 0 Å². The molecule has 1 unspecified atom stereocenters. The first-order valence-electron chi connectivity index (χ1n) is 7.76. The fraction of sp³-hybridized carbons (Fsp3) is 0.278. The molecule has 2 rings (SSSR count). The standard InChI is InChI=1S/C18H20F2N2O2/c19-15-9-8-14(12-16(15)20)24-17(13-6-2-1-3-7-13)18(23)22-11-5-4-10-21/h1-3,6-9,12,17H,4-5,10-11,21H2,(H,22,23). The largest absolute Gasteiger partial charge is 0.476 e. The molecule has 0 saturated heterocycles. The van der Waals surface area contributed by atoms with Crippen LogP contribution in [-0.4, -0.2) is 19.0 Å². The summed E-state index contributed by atoms with van der Waals surface area (Å²) >= 11 is 0. The highest BCUT2D eigenvalue weighted by Crippen LogP contribution is 2.24. The van der Waals surface area contributed by atoms with Crippen LogP contribution in [0.25, 0.3) is 0 Å². The van der Waals surface area contributed by atoms with Crippen molar-refractivity contribution in [2.24, 2.45) is 5.73 Å². The zero-order valence-electron chi connectivity index (χ0n) is 13.2. The van der Waals surface area contributed by atoms with E-state index in [9.17, 15) is 13.6 Å². The van der Waals surface area contributed by atoms with Gasteiger partial charge >= 0.3 is 0 Å². The van der Waals surface area contributed by atoms with Crippen molar-refractivity contribution in [3.63, 3.8) is 0 Å². The topological polar surface area (TPSA) is 64.3 Å². The van der Waals surface area contributed by atoms with Crippen LogP contribution in [0.2, 0.25) is 0 Å². The van der Waals surface area contributed by atoms with E-state index in [1.165, 1.54) is 6.07 Å². The summed E-state index contributed by atoms with van der Waals surface area (Å²) in [4.78, 5) is 12.4. The molecule has 2 aromatic carbocycles. The number of unbranched alkanes of at least 4 members (excludes halogenated alkanes) is 1. The Labute approximate surface area is 139 Å². The molecule has 0 radical (unpaired) electrons. The van der Waals surface area contributed by atoms with Crippen molar-refractivity contribution < 1.29 is 18.3 Å². The Morgan fingerprint density at radius 3 is 2.50 bits per heavy atom. The van der Waals surface area contributed by atoms with Gasteiger partial charge in [0.05, 0.1) is 0 Å². The van der Waals surface area contributed by atoms with Gasteiger partial charge in [0.2, 0.25) is 6.10 Å². The minimum absolute atomic E-state index is 0.0832. The molecule has 2 aromatic rings. The number of nitrogens with two attached hydrogens (primary N) is 1. The smallest absolute Gasteiger partial charge is 0.265 e. The molecule has 1 amide bonds. The van der Waals surface area contributed by atoms with Crippen LogP contribution in [-0.2, 0) is 4.79 Å². The first kappa shape index (κ1) is 17.9. The Bertz CT molecular complexity index is 665. The maximum absolute atomic E-state index is 13.4. The van der Waals surface area contributed by atoms with E-state index in [2.05, 4.69) is 5.32 Å². The van der Waals surface area contributed by atoms with Gasteiger partial charge in [0.25, 0.3) is 5.91 Å². The molecule has 0 aromatic heterocycles. The predicted molar refractivity (Wildman–Crippen MR) is 87.5 cm³/mol. The summed E-state index contributed by atoms with van der Waals surface area (Å²) in [5.74, 6) is -2.25. The van der Waals surface area contributed by atoms with E-state index in [0.29, 0.717) is 18.7 Å². The molecule has 0 spiro atoms. The molecule has 0 heterocycles. The summed E-state index contributed by atoms with van der Waals surface area (Å²) in [6, 6.07) is 12.0. The zero-order valence-corrected chi connectivity index (χ0v) is 13.2. The fourth-order valence-corrected chi connectivity index (χ4v) is 2.16. The number of hydrogen-bond donors (Lipinski definition) is 2. The highest BCUT2D eigenvalue weighted by molar-refractivity contribution is 5.82. The minimum atomic E-state index is -1.03. The monoisotopic (exact) mass is 334 g/mol. The van der Waals surface area contributed by atoms with Gasteiger partial charge in [-0.3, -0.25) is 4.79 Å². The average Bonchev–Trinajstić information content (AvgIpc) is 2.60. The van der Waals surface area contributed by atoms with E-state index in [1.54, 1.807) is 24.3 Å². The SMILES string of the molecule is NCCCCNC(=O)C(Oc1ccc(F)c(F)c1)c1ccccc1. The van der Waals surface area contributed by atoms with Crippen molar-refractivity contribution in [3.05, 3.63) is 65.7 Å². The molecule has 6 heteroatoms. The fourth-order valence-electron chi connectivity index (χ4n) is 2.16. The number of halogens is 2. The van der Waals surface area contributed by atoms with E-state index in [0.717, 1.165) is 25.0 Å². The van der Waals surface area contributed by atoms with E-state index in [4.69, 9.17) is 10.5 Å². The van der Waals surface area contributed by atoms with Crippen LogP contribution in [0, 0.1) is 11.6 Å². The summed E-state index contributed by atoms with van der Waals surface area (Å²) in [6.07, 6.45) is 0.615. The Balaban J connectivity index is 2.13. The number of hydrogen-bond acceptors (Lipinski definition) is 3. The third-order valence-electron chi connectivity index (χ3n) is 3.42. The number of amides is 1. The van der Waals surface area contributed by atoms with Gasteiger partial charge in [-0.1, -0.05) is 30.3 Å². The Hall–Kier alpha value is -2.47. The van der Waals surface area contributed by atoms with Crippen LogP contribution < -0.4 is 15.8 Å². The number of nitrogens with one attached hydrogen (secondary N) is 1. The van der Waals surface area contributed by atoms with Crippen LogP contribution in [0.3, 0.4) is 0 Å². The van der Waals surface area contributed by atoms with Crippen LogP contribution in [0.1, 0.15) is 24.5 Å². The van der Waals surface area contributed by atoms with E-state index >= 15 is 0 Å². The Kier molecular flexibility index (Phi) is 6.69. The molecule has 24 heavy (non-hydrogen) atoms. The number of carbonyl (C=O) groups excluding carboxylic acids is 1. The van der Waals surface area contributed by atoms with Gasteiger partial charge in [-0.25, -0.2) is 8.78 Å². The van der Waals surface area contributed by atoms with Gasteiger partial charge in [-0.2, -0.15) is 0 Å². The molecule has 0 aliphatic carbocycles. The first-order chi connectivity index (χ1) is 11.6. The number of ether oxygens (including phenoxy) is 1. The lowest BCUT2D eigenvalue weighted by Crippen LogP contribution is -2.33. The van der Waals surface area contributed by atoms with E-state index in [1.807, 2.05) is 6.07 Å². The van der Waals surface area contributed by atoms with Crippen molar-refractivity contribution in [1.82, 2.24) is 5.32 Å². The van der Waals surface area contributed by atoms with E-state index < -0.39 is 17.7 Å². The second-order valence-corrected chi connectivity index (χ2v) is 5.27. The lowest BCUT2D eigenvalue weighted by atomic mass is 10.1. The van der Waals surface area contributed by atoms with Crippen molar-refractivity contribution in [1.29, 1.82) is 0 Å². The van der Waals surface area contributed by atoms with Gasteiger partial charge in [-0.05, 0) is 31.5 Å². The molecule has 0 saturated carbocycles. The number of rotatable bonds is 8. The molecule has 0 bridgehead atoms. The van der Waals surface area contributed by atoms with Gasteiger partial charge in [0.15, 0.2) is 11.6 Å². The third-order valence-corrected chi connectivity index (χ3v) is 3.42. The Morgan fingerprint density at radius 2 is 1.83 bits per heavy atom. The van der Waals surface area contributed by atoms with Gasteiger partial charge < -0.3 is 15.8 Å². The predicted octanol–water partition coefficient (Wildman–Crippen LogP) is 2.94. The summed E-state index contributed by atoms with van der Waals surface area (Å²) in [7, 11) is 0. The second kappa shape index (κ2) is 8.98.